The van der Waals surface area contributed by atoms with Gasteiger partial charge in [-0.3, -0.25) is 9.69 Å². The van der Waals surface area contributed by atoms with Gasteiger partial charge in [-0.25, -0.2) is 9.37 Å². The van der Waals surface area contributed by atoms with Crippen LogP contribution in [0.1, 0.15) is 21.7 Å². The lowest BCUT2D eigenvalue weighted by molar-refractivity contribution is 0.0941. The summed E-state index contributed by atoms with van der Waals surface area (Å²) in [5, 5.41) is 3.88. The Morgan fingerprint density at radius 3 is 2.38 bits per heavy atom. The molecule has 1 N–H and O–H groups in total. The number of benzene rings is 2. The monoisotopic (exact) mass is 485 g/mol. The molecule has 2 aromatic carbocycles. The number of methoxy groups -OCH3 is 2. The molecule has 1 aliphatic rings. The van der Waals surface area contributed by atoms with Crippen molar-refractivity contribution in [3.05, 3.63) is 65.2 Å². The predicted octanol–water partition coefficient (Wildman–Crippen LogP) is 2.84. The fraction of sp³-hybridized carbons (Fsp3) is 0.375. The molecular weight excluding hydrogens is 457 g/mol. The number of ether oxygens (including phenoxy) is 2. The third-order valence-electron chi connectivity index (χ3n) is 5.74. The quantitative estimate of drug-likeness (QED) is 0.499. The molecule has 1 amide bonds. The number of amides is 1. The van der Waals surface area contributed by atoms with Gasteiger partial charge in [0.25, 0.3) is 5.91 Å². The first-order valence-corrected chi connectivity index (χ1v) is 11.9. The van der Waals surface area contributed by atoms with E-state index in [1.807, 2.05) is 0 Å². The van der Waals surface area contributed by atoms with Crippen LogP contribution in [0.4, 0.5) is 9.52 Å². The first-order chi connectivity index (χ1) is 16.6. The number of aromatic nitrogens is 2. The van der Waals surface area contributed by atoms with Crippen molar-refractivity contribution in [1.29, 1.82) is 0 Å². The summed E-state index contributed by atoms with van der Waals surface area (Å²) in [7, 11) is 3.07. The van der Waals surface area contributed by atoms with E-state index in [1.165, 1.54) is 37.9 Å². The normalized spacial score (nSPS) is 14.1. The van der Waals surface area contributed by atoms with E-state index in [-0.39, 0.29) is 11.7 Å². The first-order valence-electron chi connectivity index (χ1n) is 11.1. The van der Waals surface area contributed by atoms with Crippen molar-refractivity contribution in [1.82, 2.24) is 19.6 Å². The maximum absolute atomic E-state index is 13.1. The van der Waals surface area contributed by atoms with Gasteiger partial charge in [0.1, 0.15) is 28.7 Å². The lowest BCUT2D eigenvalue weighted by Crippen LogP contribution is -2.48. The van der Waals surface area contributed by atoms with Gasteiger partial charge in [-0.15, -0.1) is 0 Å². The van der Waals surface area contributed by atoms with Crippen molar-refractivity contribution in [2.75, 3.05) is 58.4 Å². The third-order valence-corrected chi connectivity index (χ3v) is 6.56. The lowest BCUT2D eigenvalue weighted by Gasteiger charge is -2.34. The van der Waals surface area contributed by atoms with Crippen LogP contribution in [-0.2, 0) is 6.42 Å². The van der Waals surface area contributed by atoms with E-state index < -0.39 is 0 Å². The maximum atomic E-state index is 13.1. The molecule has 1 saturated heterocycles. The molecule has 8 nitrogen and oxygen atoms in total. The van der Waals surface area contributed by atoms with Gasteiger partial charge in [-0.1, -0.05) is 18.2 Å². The molecule has 1 aliphatic heterocycles. The number of halogens is 1. The predicted molar refractivity (Wildman–Crippen MR) is 130 cm³/mol. The highest BCUT2D eigenvalue weighted by Crippen LogP contribution is 2.28. The Labute approximate surface area is 202 Å². The van der Waals surface area contributed by atoms with Crippen LogP contribution in [0, 0.1) is 5.82 Å². The highest BCUT2D eigenvalue weighted by atomic mass is 32.1. The molecule has 0 aliphatic carbocycles. The Hall–Kier alpha value is -3.24. The van der Waals surface area contributed by atoms with E-state index in [0.717, 1.165) is 49.2 Å². The largest absolute Gasteiger partial charge is 0.496 e. The van der Waals surface area contributed by atoms with Gasteiger partial charge in [0.15, 0.2) is 0 Å². The fourth-order valence-electron chi connectivity index (χ4n) is 3.88. The summed E-state index contributed by atoms with van der Waals surface area (Å²) >= 11 is 1.40. The van der Waals surface area contributed by atoms with Gasteiger partial charge < -0.3 is 19.7 Å². The molecule has 4 rings (SSSR count). The number of carbonyl (C=O) groups excluding carboxylic acids is 1. The SMILES string of the molecule is COc1cccc(OC)c1C(=O)NCCN1CCN(c2nc(Cc3ccc(F)cc3)ns2)CC1. The first kappa shape index (κ1) is 23.9. The van der Waals surface area contributed by atoms with Crippen molar-refractivity contribution < 1.29 is 18.7 Å². The molecule has 3 aromatic rings. The molecule has 10 heteroatoms. The van der Waals surface area contributed by atoms with Gasteiger partial charge in [0.2, 0.25) is 5.13 Å². The topological polar surface area (TPSA) is 79.8 Å². The highest BCUT2D eigenvalue weighted by molar-refractivity contribution is 7.09. The van der Waals surface area contributed by atoms with Crippen LogP contribution in [-0.4, -0.2) is 73.7 Å². The van der Waals surface area contributed by atoms with Gasteiger partial charge >= 0.3 is 0 Å². The van der Waals surface area contributed by atoms with Crippen LogP contribution in [0.15, 0.2) is 42.5 Å². The van der Waals surface area contributed by atoms with E-state index in [2.05, 4.69) is 24.5 Å². The summed E-state index contributed by atoms with van der Waals surface area (Å²) in [6.07, 6.45) is 0.591. The molecule has 1 fully saturated rings. The molecule has 0 bridgehead atoms. The smallest absolute Gasteiger partial charge is 0.258 e. The highest BCUT2D eigenvalue weighted by Gasteiger charge is 2.21. The van der Waals surface area contributed by atoms with Gasteiger partial charge in [-0.2, -0.15) is 4.37 Å². The number of hydrogen-bond acceptors (Lipinski definition) is 8. The van der Waals surface area contributed by atoms with E-state index in [1.54, 1.807) is 30.3 Å². The number of rotatable bonds is 9. The summed E-state index contributed by atoms with van der Waals surface area (Å²) in [6.45, 7) is 4.73. The van der Waals surface area contributed by atoms with E-state index in [4.69, 9.17) is 9.47 Å². The van der Waals surface area contributed by atoms with Gasteiger partial charge in [0.05, 0.1) is 14.2 Å². The zero-order valence-electron chi connectivity index (χ0n) is 19.3. The van der Waals surface area contributed by atoms with Crippen LogP contribution in [0.25, 0.3) is 0 Å². The van der Waals surface area contributed by atoms with Crippen molar-refractivity contribution in [2.45, 2.75) is 6.42 Å². The number of hydrogen-bond donors (Lipinski definition) is 1. The van der Waals surface area contributed by atoms with Crippen molar-refractivity contribution in [3.8, 4) is 11.5 Å². The summed E-state index contributed by atoms with van der Waals surface area (Å²) in [5.41, 5.74) is 1.40. The second-order valence-electron chi connectivity index (χ2n) is 7.92. The zero-order chi connectivity index (χ0) is 23.9. The fourth-order valence-corrected chi connectivity index (χ4v) is 4.62. The molecule has 0 unspecified atom stereocenters. The summed E-state index contributed by atoms with van der Waals surface area (Å²) in [6, 6.07) is 11.7. The minimum Gasteiger partial charge on any atom is -0.496 e. The van der Waals surface area contributed by atoms with E-state index >= 15 is 0 Å². The molecule has 0 saturated carbocycles. The Morgan fingerprint density at radius 2 is 1.74 bits per heavy atom. The zero-order valence-corrected chi connectivity index (χ0v) is 20.1. The van der Waals surface area contributed by atoms with Crippen LogP contribution in [0.2, 0.25) is 0 Å². The molecule has 34 heavy (non-hydrogen) atoms. The lowest BCUT2D eigenvalue weighted by atomic mass is 10.1. The number of nitrogens with zero attached hydrogens (tertiary/aromatic N) is 4. The Bertz CT molecular complexity index is 1080. The summed E-state index contributed by atoms with van der Waals surface area (Å²) in [5.74, 6) is 1.27. The summed E-state index contributed by atoms with van der Waals surface area (Å²) in [4.78, 5) is 21.9. The Morgan fingerprint density at radius 1 is 1.06 bits per heavy atom. The number of anilines is 1. The van der Waals surface area contributed by atoms with Crippen molar-refractivity contribution in [2.24, 2.45) is 0 Å². The third kappa shape index (κ3) is 5.81. The maximum Gasteiger partial charge on any atom is 0.258 e. The number of piperazine rings is 1. The second kappa shape index (κ2) is 11.3. The molecule has 2 heterocycles. The van der Waals surface area contributed by atoms with Gasteiger partial charge in [-0.05, 0) is 29.8 Å². The van der Waals surface area contributed by atoms with E-state index in [0.29, 0.717) is 30.0 Å². The minimum absolute atomic E-state index is 0.213. The minimum atomic E-state index is -0.243. The second-order valence-corrected chi connectivity index (χ2v) is 8.65. The molecule has 1 aromatic heterocycles. The van der Waals surface area contributed by atoms with Gasteiger partial charge in [0, 0.05) is 57.2 Å². The average Bonchev–Trinajstić information content (AvgIpc) is 3.33. The standard InChI is InChI=1S/C24H28FN5O3S/c1-32-19-4-3-5-20(33-2)22(19)23(31)26-10-11-29-12-14-30(15-13-29)24-27-21(28-34-24)16-17-6-8-18(25)9-7-17/h3-9H,10-16H2,1-2H3,(H,26,31). The number of carbonyl (C=O) groups is 1. The Balaban J connectivity index is 1.23. The number of nitrogens with one attached hydrogen (secondary N) is 1. The molecule has 0 radical (unpaired) electrons. The molecule has 0 spiro atoms. The van der Waals surface area contributed by atoms with Crippen LogP contribution in [0.5, 0.6) is 11.5 Å². The van der Waals surface area contributed by atoms with E-state index in [9.17, 15) is 9.18 Å². The Kier molecular flexibility index (Phi) is 7.91. The van der Waals surface area contributed by atoms with Crippen LogP contribution in [0.3, 0.4) is 0 Å². The molecule has 180 valence electrons. The van der Waals surface area contributed by atoms with Crippen molar-refractivity contribution in [3.63, 3.8) is 0 Å². The van der Waals surface area contributed by atoms with Crippen LogP contribution >= 0.6 is 11.5 Å². The average molecular weight is 486 g/mol. The van der Waals surface area contributed by atoms with Crippen LogP contribution < -0.4 is 19.7 Å². The molecule has 0 atom stereocenters. The molecular formula is C24H28FN5O3S. The van der Waals surface area contributed by atoms with Crippen molar-refractivity contribution >= 4 is 22.6 Å². The summed E-state index contributed by atoms with van der Waals surface area (Å²) < 4.78 is 28.2.